The lowest BCUT2D eigenvalue weighted by atomic mass is 10.1. The third-order valence-electron chi connectivity index (χ3n) is 3.29. The van der Waals surface area contributed by atoms with Crippen LogP contribution >= 0.6 is 11.3 Å². The van der Waals surface area contributed by atoms with Gasteiger partial charge in [-0.1, -0.05) is 20.8 Å². The van der Waals surface area contributed by atoms with Crippen molar-refractivity contribution in [2.75, 3.05) is 16.6 Å². The summed E-state index contributed by atoms with van der Waals surface area (Å²) in [6.45, 7) is 7.19. The van der Waals surface area contributed by atoms with Crippen LogP contribution in [0.25, 0.3) is 0 Å². The highest BCUT2D eigenvalue weighted by Gasteiger charge is 2.16. The number of anilines is 2. The summed E-state index contributed by atoms with van der Waals surface area (Å²) in [6.07, 6.45) is 3.43. The van der Waals surface area contributed by atoms with E-state index in [2.05, 4.69) is 28.9 Å². The Labute approximate surface area is 142 Å². The topological polar surface area (TPSA) is 71.1 Å². The lowest BCUT2D eigenvalue weighted by molar-refractivity contribution is 0.603. The lowest BCUT2D eigenvalue weighted by Gasteiger charge is -2.09. The molecule has 2 rings (SSSR count). The van der Waals surface area contributed by atoms with E-state index in [0.717, 1.165) is 30.1 Å². The van der Waals surface area contributed by atoms with Gasteiger partial charge in [0.1, 0.15) is 10.0 Å². The van der Waals surface area contributed by atoms with Crippen molar-refractivity contribution < 1.29 is 8.42 Å². The zero-order chi connectivity index (χ0) is 16.9. The molecule has 0 saturated carbocycles. The van der Waals surface area contributed by atoms with Crippen molar-refractivity contribution in [3.05, 3.63) is 35.3 Å². The normalized spacial score (nSPS) is 11.7. The first-order valence-electron chi connectivity index (χ1n) is 7.72. The Bertz CT molecular complexity index is 722. The third kappa shape index (κ3) is 5.21. The maximum absolute atomic E-state index is 12.3. The SMILES string of the molecule is CCc1ccc(S(=O)(=O)Nc2ccc(NCCC(C)C)nc2)s1. The molecule has 7 heteroatoms. The summed E-state index contributed by atoms with van der Waals surface area (Å²) in [5.74, 6) is 1.38. The van der Waals surface area contributed by atoms with Gasteiger partial charge in [0, 0.05) is 11.4 Å². The molecule has 0 saturated heterocycles. The van der Waals surface area contributed by atoms with E-state index in [-0.39, 0.29) is 0 Å². The highest BCUT2D eigenvalue weighted by atomic mass is 32.2. The second kappa shape index (κ2) is 7.79. The van der Waals surface area contributed by atoms with Crippen molar-refractivity contribution in [3.8, 4) is 0 Å². The number of nitrogens with zero attached hydrogens (tertiary/aromatic N) is 1. The van der Waals surface area contributed by atoms with Gasteiger partial charge in [0.2, 0.25) is 0 Å². The maximum Gasteiger partial charge on any atom is 0.271 e. The Hall–Kier alpha value is -1.60. The van der Waals surface area contributed by atoms with Crippen LogP contribution in [0.1, 0.15) is 32.1 Å². The van der Waals surface area contributed by atoms with Crippen molar-refractivity contribution in [2.45, 2.75) is 37.8 Å². The molecule has 2 heterocycles. The minimum atomic E-state index is -3.54. The molecule has 2 aromatic heterocycles. The summed E-state index contributed by atoms with van der Waals surface area (Å²) in [7, 11) is -3.54. The summed E-state index contributed by atoms with van der Waals surface area (Å²) < 4.78 is 27.5. The number of hydrogen-bond acceptors (Lipinski definition) is 5. The first-order chi connectivity index (χ1) is 10.9. The molecule has 0 aromatic carbocycles. The van der Waals surface area contributed by atoms with Crippen LogP contribution in [0.4, 0.5) is 11.5 Å². The largest absolute Gasteiger partial charge is 0.370 e. The molecule has 0 spiro atoms. The summed E-state index contributed by atoms with van der Waals surface area (Å²) in [6, 6.07) is 6.99. The van der Waals surface area contributed by atoms with E-state index in [9.17, 15) is 8.42 Å². The van der Waals surface area contributed by atoms with Crippen LogP contribution < -0.4 is 10.0 Å². The number of aryl methyl sites for hydroxylation is 1. The number of aromatic nitrogens is 1. The van der Waals surface area contributed by atoms with Gasteiger partial charge in [-0.3, -0.25) is 4.72 Å². The average Bonchev–Trinajstić information content (AvgIpc) is 2.98. The molecule has 0 fully saturated rings. The van der Waals surface area contributed by atoms with Crippen molar-refractivity contribution in [3.63, 3.8) is 0 Å². The van der Waals surface area contributed by atoms with Crippen LogP contribution in [0, 0.1) is 5.92 Å². The zero-order valence-corrected chi connectivity index (χ0v) is 15.3. The van der Waals surface area contributed by atoms with Crippen LogP contribution in [0.15, 0.2) is 34.7 Å². The fourth-order valence-electron chi connectivity index (χ4n) is 1.95. The van der Waals surface area contributed by atoms with Crippen molar-refractivity contribution in [1.29, 1.82) is 0 Å². The number of sulfonamides is 1. The second-order valence-electron chi connectivity index (χ2n) is 5.72. The Morgan fingerprint density at radius 3 is 2.57 bits per heavy atom. The monoisotopic (exact) mass is 353 g/mol. The quantitative estimate of drug-likeness (QED) is 0.753. The molecule has 5 nitrogen and oxygen atoms in total. The summed E-state index contributed by atoms with van der Waals surface area (Å²) in [5.41, 5.74) is 0.464. The number of pyridine rings is 1. The van der Waals surface area contributed by atoms with Gasteiger partial charge in [-0.25, -0.2) is 13.4 Å². The first kappa shape index (κ1) is 17.7. The Morgan fingerprint density at radius 1 is 1.22 bits per heavy atom. The van der Waals surface area contributed by atoms with Gasteiger partial charge in [-0.05, 0) is 43.0 Å². The van der Waals surface area contributed by atoms with Gasteiger partial charge in [0.25, 0.3) is 10.0 Å². The number of nitrogens with one attached hydrogen (secondary N) is 2. The van der Waals surface area contributed by atoms with Gasteiger partial charge in [0.05, 0.1) is 11.9 Å². The number of thiophene rings is 1. The van der Waals surface area contributed by atoms with E-state index < -0.39 is 10.0 Å². The van der Waals surface area contributed by atoms with Crippen LogP contribution in [-0.2, 0) is 16.4 Å². The molecule has 0 atom stereocenters. The predicted molar refractivity (Wildman–Crippen MR) is 96.7 cm³/mol. The molecule has 0 bridgehead atoms. The van der Waals surface area contributed by atoms with Crippen LogP contribution in [-0.4, -0.2) is 19.9 Å². The molecule has 0 aliphatic rings. The van der Waals surface area contributed by atoms with Gasteiger partial charge in [0.15, 0.2) is 0 Å². The molecule has 0 amide bonds. The third-order valence-corrected chi connectivity index (χ3v) is 6.40. The smallest absolute Gasteiger partial charge is 0.271 e. The van der Waals surface area contributed by atoms with Gasteiger partial charge < -0.3 is 5.32 Å². The highest BCUT2D eigenvalue weighted by Crippen LogP contribution is 2.24. The van der Waals surface area contributed by atoms with E-state index in [4.69, 9.17) is 0 Å². The molecule has 0 radical (unpaired) electrons. The van der Waals surface area contributed by atoms with Crippen molar-refractivity contribution in [1.82, 2.24) is 4.98 Å². The molecule has 2 aromatic rings. The Balaban J connectivity index is 1.99. The summed E-state index contributed by atoms with van der Waals surface area (Å²) >= 11 is 1.29. The maximum atomic E-state index is 12.3. The van der Waals surface area contributed by atoms with Crippen LogP contribution in [0.5, 0.6) is 0 Å². The van der Waals surface area contributed by atoms with E-state index in [1.54, 1.807) is 18.2 Å². The van der Waals surface area contributed by atoms with E-state index in [1.807, 2.05) is 13.0 Å². The van der Waals surface area contributed by atoms with Crippen LogP contribution in [0.3, 0.4) is 0 Å². The Morgan fingerprint density at radius 2 is 2.00 bits per heavy atom. The van der Waals surface area contributed by atoms with Gasteiger partial charge >= 0.3 is 0 Å². The molecule has 0 unspecified atom stereocenters. The van der Waals surface area contributed by atoms with Crippen molar-refractivity contribution >= 4 is 32.9 Å². The fourth-order valence-corrected chi connectivity index (χ4v) is 4.28. The van der Waals surface area contributed by atoms with E-state index in [1.165, 1.54) is 17.5 Å². The standard InChI is InChI=1S/C16H23N3O2S2/c1-4-14-6-8-16(22-14)23(20,21)19-13-5-7-15(18-11-13)17-10-9-12(2)3/h5-8,11-12,19H,4,9-10H2,1-3H3,(H,17,18). The summed E-state index contributed by atoms with van der Waals surface area (Å²) in [5, 5.41) is 3.22. The molecular formula is C16H23N3O2S2. The lowest BCUT2D eigenvalue weighted by Crippen LogP contribution is -2.12. The predicted octanol–water partition coefficient (Wildman–Crippen LogP) is 3.96. The van der Waals surface area contributed by atoms with Crippen LogP contribution in [0.2, 0.25) is 0 Å². The molecule has 2 N–H and O–H groups in total. The molecule has 0 aliphatic heterocycles. The highest BCUT2D eigenvalue weighted by molar-refractivity contribution is 7.94. The number of rotatable bonds is 8. The minimum absolute atomic E-state index is 0.327. The van der Waals surface area contributed by atoms with Gasteiger partial charge in [-0.15, -0.1) is 11.3 Å². The zero-order valence-electron chi connectivity index (χ0n) is 13.7. The first-order valence-corrected chi connectivity index (χ1v) is 10.0. The molecule has 0 aliphatic carbocycles. The molecule has 23 heavy (non-hydrogen) atoms. The second-order valence-corrected chi connectivity index (χ2v) is 8.80. The van der Waals surface area contributed by atoms with E-state index >= 15 is 0 Å². The molecule has 126 valence electrons. The Kier molecular flexibility index (Phi) is 6.01. The minimum Gasteiger partial charge on any atom is -0.370 e. The van der Waals surface area contributed by atoms with Crippen molar-refractivity contribution in [2.24, 2.45) is 5.92 Å². The van der Waals surface area contributed by atoms with E-state index in [0.29, 0.717) is 15.8 Å². The van der Waals surface area contributed by atoms with Gasteiger partial charge in [-0.2, -0.15) is 0 Å². The molecular weight excluding hydrogens is 330 g/mol. The summed E-state index contributed by atoms with van der Waals surface area (Å²) in [4.78, 5) is 5.29. The average molecular weight is 354 g/mol. The fraction of sp³-hybridized carbons (Fsp3) is 0.438. The number of hydrogen-bond donors (Lipinski definition) is 2.